The minimum atomic E-state index is -3.60. The Bertz CT molecular complexity index is 479. The van der Waals surface area contributed by atoms with Crippen LogP contribution in [0.1, 0.15) is 19.7 Å². The first kappa shape index (κ1) is 14.1. The number of imidazole rings is 1. The van der Waals surface area contributed by atoms with Gasteiger partial charge < -0.3 is 9.67 Å². The van der Waals surface area contributed by atoms with Gasteiger partial charge in [0, 0.05) is 26.3 Å². The molecule has 0 saturated carbocycles. The van der Waals surface area contributed by atoms with E-state index in [1.54, 1.807) is 18.4 Å². The fraction of sp³-hybridized carbons (Fsp3) is 0.700. The minimum absolute atomic E-state index is 0.0278. The number of likely N-dealkylation sites (N-methyl/N-ethyl adjacent to an activating group) is 1. The summed E-state index contributed by atoms with van der Waals surface area (Å²) in [6.07, 6.45) is 0.813. The van der Waals surface area contributed by atoms with Crippen molar-refractivity contribution in [1.82, 2.24) is 13.9 Å². The molecule has 0 radical (unpaired) electrons. The number of hydrogen-bond donors (Lipinski definition) is 1. The SMILES string of the molecule is CCn1cc(S(=O)(=O)N(C)CC(C)O)nc1C. The second kappa shape index (κ2) is 5.16. The maximum atomic E-state index is 12.1. The maximum Gasteiger partial charge on any atom is 0.261 e. The van der Waals surface area contributed by atoms with Gasteiger partial charge in [-0.2, -0.15) is 4.31 Å². The lowest BCUT2D eigenvalue weighted by molar-refractivity contribution is 0.171. The van der Waals surface area contributed by atoms with Gasteiger partial charge in [-0.05, 0) is 20.8 Å². The smallest absolute Gasteiger partial charge is 0.261 e. The summed E-state index contributed by atoms with van der Waals surface area (Å²) in [5.74, 6) is 0.663. The van der Waals surface area contributed by atoms with Gasteiger partial charge >= 0.3 is 0 Å². The second-order valence-electron chi connectivity index (χ2n) is 4.05. The number of nitrogens with zero attached hydrogens (tertiary/aromatic N) is 3. The Morgan fingerprint density at radius 2 is 2.18 bits per heavy atom. The Kier molecular flexibility index (Phi) is 4.29. The van der Waals surface area contributed by atoms with Gasteiger partial charge in [-0.1, -0.05) is 0 Å². The van der Waals surface area contributed by atoms with Crippen LogP contribution >= 0.6 is 0 Å². The molecular formula is C10H19N3O3S. The van der Waals surface area contributed by atoms with Crippen molar-refractivity contribution >= 4 is 10.0 Å². The Hall–Kier alpha value is -0.920. The van der Waals surface area contributed by atoms with Gasteiger partial charge in [-0.15, -0.1) is 0 Å². The van der Waals surface area contributed by atoms with Gasteiger partial charge in [0.15, 0.2) is 5.03 Å². The van der Waals surface area contributed by atoms with E-state index in [2.05, 4.69) is 4.98 Å². The lowest BCUT2D eigenvalue weighted by Crippen LogP contribution is -2.33. The van der Waals surface area contributed by atoms with Crippen LogP contribution in [0.2, 0.25) is 0 Å². The van der Waals surface area contributed by atoms with E-state index in [0.717, 1.165) is 4.31 Å². The molecule has 0 amide bonds. The second-order valence-corrected chi connectivity index (χ2v) is 6.04. The van der Waals surface area contributed by atoms with Gasteiger partial charge in [-0.3, -0.25) is 0 Å². The monoisotopic (exact) mass is 261 g/mol. The summed E-state index contributed by atoms with van der Waals surface area (Å²) >= 11 is 0. The van der Waals surface area contributed by atoms with Crippen LogP contribution in [-0.2, 0) is 16.6 Å². The topological polar surface area (TPSA) is 75.4 Å². The Balaban J connectivity index is 3.04. The third-order valence-electron chi connectivity index (χ3n) is 2.49. The van der Waals surface area contributed by atoms with Crippen LogP contribution in [0.5, 0.6) is 0 Å². The van der Waals surface area contributed by atoms with Gasteiger partial charge in [0.1, 0.15) is 5.82 Å². The van der Waals surface area contributed by atoms with E-state index in [0.29, 0.717) is 12.4 Å². The predicted molar refractivity (Wildman–Crippen MR) is 64.1 cm³/mol. The molecule has 98 valence electrons. The molecule has 0 aromatic carbocycles. The van der Waals surface area contributed by atoms with Crippen molar-refractivity contribution in [3.8, 4) is 0 Å². The summed E-state index contributed by atoms with van der Waals surface area (Å²) < 4.78 is 27.1. The van der Waals surface area contributed by atoms with E-state index in [9.17, 15) is 13.5 Å². The summed E-state index contributed by atoms with van der Waals surface area (Å²) in [6.45, 7) is 5.96. The van der Waals surface area contributed by atoms with E-state index in [1.165, 1.54) is 13.2 Å². The van der Waals surface area contributed by atoms with Crippen LogP contribution in [0, 0.1) is 6.92 Å². The van der Waals surface area contributed by atoms with Crippen molar-refractivity contribution < 1.29 is 13.5 Å². The van der Waals surface area contributed by atoms with Gasteiger partial charge in [0.05, 0.1) is 6.10 Å². The van der Waals surface area contributed by atoms with Crippen LogP contribution in [0.15, 0.2) is 11.2 Å². The molecular weight excluding hydrogens is 242 g/mol. The standard InChI is InChI=1S/C10H19N3O3S/c1-5-13-7-10(11-9(13)3)17(15,16)12(4)6-8(2)14/h7-8,14H,5-6H2,1-4H3. The minimum Gasteiger partial charge on any atom is -0.392 e. The third-order valence-corrected chi connectivity index (χ3v) is 4.19. The first-order chi connectivity index (χ1) is 7.78. The molecule has 1 heterocycles. The third kappa shape index (κ3) is 3.05. The Labute approximate surface area is 102 Å². The summed E-state index contributed by atoms with van der Waals surface area (Å²) in [5, 5.41) is 9.24. The molecule has 1 aromatic rings. The number of aromatic nitrogens is 2. The molecule has 7 heteroatoms. The predicted octanol–water partition coefficient (Wildman–Crippen LogP) is 0.213. The van der Waals surface area contributed by atoms with Crippen molar-refractivity contribution in [1.29, 1.82) is 0 Å². The maximum absolute atomic E-state index is 12.1. The van der Waals surface area contributed by atoms with Crippen molar-refractivity contribution in [2.24, 2.45) is 0 Å². The van der Waals surface area contributed by atoms with Crippen LogP contribution in [0.25, 0.3) is 0 Å². The number of rotatable bonds is 5. The number of aryl methyl sites for hydroxylation is 2. The normalized spacial score (nSPS) is 14.2. The van der Waals surface area contributed by atoms with Crippen molar-refractivity contribution in [3.05, 3.63) is 12.0 Å². The fourth-order valence-electron chi connectivity index (χ4n) is 1.55. The zero-order chi connectivity index (χ0) is 13.2. The molecule has 0 aliphatic carbocycles. The zero-order valence-corrected chi connectivity index (χ0v) is 11.4. The van der Waals surface area contributed by atoms with Crippen LogP contribution in [0.4, 0.5) is 0 Å². The lowest BCUT2D eigenvalue weighted by atomic mass is 10.4. The van der Waals surface area contributed by atoms with Crippen molar-refractivity contribution in [3.63, 3.8) is 0 Å². The molecule has 0 spiro atoms. The van der Waals surface area contributed by atoms with Gasteiger partial charge in [-0.25, -0.2) is 13.4 Å². The molecule has 0 saturated heterocycles. The lowest BCUT2D eigenvalue weighted by Gasteiger charge is -2.16. The largest absolute Gasteiger partial charge is 0.392 e. The number of aliphatic hydroxyl groups is 1. The molecule has 1 unspecified atom stereocenters. The summed E-state index contributed by atoms with van der Waals surface area (Å²) in [5.41, 5.74) is 0. The highest BCUT2D eigenvalue weighted by Gasteiger charge is 2.25. The molecule has 0 aliphatic heterocycles. The molecule has 1 atom stereocenters. The summed E-state index contributed by atoms with van der Waals surface area (Å²) in [6, 6.07) is 0. The van der Waals surface area contributed by atoms with Gasteiger partial charge in [0.25, 0.3) is 10.0 Å². The average molecular weight is 261 g/mol. The molecule has 1 rings (SSSR count). The molecule has 17 heavy (non-hydrogen) atoms. The Morgan fingerprint density at radius 3 is 2.59 bits per heavy atom. The highest BCUT2D eigenvalue weighted by Crippen LogP contribution is 2.14. The number of hydrogen-bond acceptors (Lipinski definition) is 4. The quantitative estimate of drug-likeness (QED) is 0.822. The van der Waals surface area contributed by atoms with Crippen LogP contribution in [-0.4, -0.2) is 47.1 Å². The molecule has 0 bridgehead atoms. The fourth-order valence-corrected chi connectivity index (χ4v) is 2.79. The van der Waals surface area contributed by atoms with Gasteiger partial charge in [0.2, 0.25) is 0 Å². The first-order valence-corrected chi connectivity index (χ1v) is 6.91. The van der Waals surface area contributed by atoms with Crippen molar-refractivity contribution in [2.45, 2.75) is 38.4 Å². The molecule has 6 nitrogen and oxygen atoms in total. The Morgan fingerprint density at radius 1 is 1.59 bits per heavy atom. The zero-order valence-electron chi connectivity index (χ0n) is 10.6. The van der Waals surface area contributed by atoms with E-state index in [4.69, 9.17) is 0 Å². The molecule has 1 N–H and O–H groups in total. The highest BCUT2D eigenvalue weighted by molar-refractivity contribution is 7.89. The number of aliphatic hydroxyl groups excluding tert-OH is 1. The first-order valence-electron chi connectivity index (χ1n) is 5.47. The molecule has 0 fully saturated rings. The van der Waals surface area contributed by atoms with Crippen molar-refractivity contribution in [2.75, 3.05) is 13.6 Å². The molecule has 0 aliphatic rings. The average Bonchev–Trinajstić information content (AvgIpc) is 2.59. The van der Waals surface area contributed by atoms with E-state index >= 15 is 0 Å². The number of sulfonamides is 1. The summed E-state index contributed by atoms with van der Waals surface area (Å²) in [7, 11) is -2.17. The van der Waals surface area contributed by atoms with Crippen LogP contribution < -0.4 is 0 Å². The molecule has 1 aromatic heterocycles. The van der Waals surface area contributed by atoms with E-state index in [-0.39, 0.29) is 11.6 Å². The summed E-state index contributed by atoms with van der Waals surface area (Å²) in [4.78, 5) is 4.03. The van der Waals surface area contributed by atoms with Crippen LogP contribution in [0.3, 0.4) is 0 Å². The highest BCUT2D eigenvalue weighted by atomic mass is 32.2. The van der Waals surface area contributed by atoms with E-state index in [1.807, 2.05) is 6.92 Å². The van der Waals surface area contributed by atoms with E-state index < -0.39 is 16.1 Å².